The summed E-state index contributed by atoms with van der Waals surface area (Å²) < 4.78 is 17.8. The van der Waals surface area contributed by atoms with Crippen LogP contribution < -0.4 is 19.5 Å². The number of rotatable bonds is 9. The van der Waals surface area contributed by atoms with Crippen molar-refractivity contribution < 1.29 is 19.5 Å². The molecule has 0 aliphatic carbocycles. The Hall–Kier alpha value is -2.00. The molecule has 23 heavy (non-hydrogen) atoms. The highest BCUT2D eigenvalue weighted by Gasteiger charge is 2.16. The summed E-state index contributed by atoms with van der Waals surface area (Å²) in [5.74, 6) is 2.93. The highest BCUT2D eigenvalue weighted by molar-refractivity contribution is 7.99. The molecule has 2 N–H and O–H groups in total. The Morgan fingerprint density at radius 1 is 1.13 bits per heavy atom. The number of thioether (sulfide) groups is 1. The molecule has 0 fully saturated rings. The molecule has 1 aromatic carbocycles. The number of nitrogens with two attached hydrogens (primary N) is 1. The van der Waals surface area contributed by atoms with Crippen molar-refractivity contribution >= 4 is 11.8 Å². The maximum atomic E-state index is 5.48. The molecule has 0 bridgehead atoms. The van der Waals surface area contributed by atoms with Gasteiger partial charge < -0.3 is 19.5 Å². The first-order chi connectivity index (χ1) is 11.2. The second-order valence-corrected chi connectivity index (χ2v) is 5.77. The largest absolute Gasteiger partial charge is 0.493 e. The molecule has 126 valence electrons. The molecule has 1 heterocycles. The van der Waals surface area contributed by atoms with Gasteiger partial charge in [-0.15, -0.1) is 5.10 Å². The van der Waals surface area contributed by atoms with Crippen molar-refractivity contribution in [3.8, 4) is 17.2 Å². The number of nitrogens with zero attached hydrogens (tertiary/aromatic N) is 4. The van der Waals surface area contributed by atoms with Crippen LogP contribution in [-0.2, 0) is 13.6 Å². The van der Waals surface area contributed by atoms with Crippen molar-refractivity contribution in [1.82, 2.24) is 20.2 Å². The third-order valence-electron chi connectivity index (χ3n) is 3.28. The van der Waals surface area contributed by atoms with Crippen LogP contribution in [0.1, 0.15) is 5.56 Å². The van der Waals surface area contributed by atoms with Crippen LogP contribution in [0.3, 0.4) is 0 Å². The fourth-order valence-corrected chi connectivity index (χ4v) is 2.94. The number of aromatic nitrogens is 4. The van der Waals surface area contributed by atoms with E-state index in [1.165, 1.54) is 0 Å². The fourth-order valence-electron chi connectivity index (χ4n) is 2.16. The molecular formula is C14H22N5O3S+. The minimum Gasteiger partial charge on any atom is -0.493 e. The van der Waals surface area contributed by atoms with Crippen molar-refractivity contribution in [1.29, 1.82) is 0 Å². The van der Waals surface area contributed by atoms with Crippen LogP contribution in [0.25, 0.3) is 0 Å². The van der Waals surface area contributed by atoms with Crippen LogP contribution in [0.2, 0.25) is 0 Å². The quantitative estimate of drug-likeness (QED) is 0.511. The molecule has 0 unspecified atom stereocenters. The number of benzene rings is 1. The highest BCUT2D eigenvalue weighted by Crippen LogP contribution is 2.39. The number of methoxy groups -OCH3 is 3. The lowest BCUT2D eigenvalue weighted by Crippen LogP contribution is -2.83. The van der Waals surface area contributed by atoms with E-state index in [2.05, 4.69) is 20.8 Å². The maximum absolute atomic E-state index is 5.48. The van der Waals surface area contributed by atoms with Gasteiger partial charge >= 0.3 is 0 Å². The summed E-state index contributed by atoms with van der Waals surface area (Å²) in [6, 6.07) is 3.89. The molecule has 0 aliphatic heterocycles. The topological polar surface area (TPSA) is 87.9 Å². The Kier molecular flexibility index (Phi) is 6.48. The second kappa shape index (κ2) is 8.59. The third kappa shape index (κ3) is 4.26. The third-order valence-corrected chi connectivity index (χ3v) is 4.33. The molecule has 0 saturated carbocycles. The Morgan fingerprint density at radius 3 is 2.52 bits per heavy atom. The molecular weight excluding hydrogens is 318 g/mol. The monoisotopic (exact) mass is 340 g/mol. The van der Waals surface area contributed by atoms with E-state index in [9.17, 15) is 0 Å². The number of tetrazole rings is 1. The van der Waals surface area contributed by atoms with Gasteiger partial charge in [-0.25, -0.2) is 4.68 Å². The van der Waals surface area contributed by atoms with Crippen molar-refractivity contribution in [2.24, 2.45) is 7.05 Å². The summed E-state index contributed by atoms with van der Waals surface area (Å²) in [5.41, 5.74) is 1.07. The van der Waals surface area contributed by atoms with Crippen LogP contribution >= 0.6 is 11.8 Å². The molecule has 1 aromatic heterocycles. The lowest BCUT2D eigenvalue weighted by atomic mass is 10.1. The van der Waals surface area contributed by atoms with E-state index in [0.717, 1.165) is 29.6 Å². The molecule has 0 aliphatic rings. The first-order valence-electron chi connectivity index (χ1n) is 7.16. The van der Waals surface area contributed by atoms with E-state index in [4.69, 9.17) is 14.2 Å². The van der Waals surface area contributed by atoms with Crippen molar-refractivity contribution in [2.45, 2.75) is 11.7 Å². The Bertz CT molecular complexity index is 635. The number of quaternary nitrogens is 1. The Labute approximate surface area is 139 Å². The van der Waals surface area contributed by atoms with Gasteiger partial charge in [0.05, 0.1) is 39.2 Å². The van der Waals surface area contributed by atoms with Crippen molar-refractivity contribution in [3.63, 3.8) is 0 Å². The molecule has 0 saturated heterocycles. The van der Waals surface area contributed by atoms with Gasteiger partial charge in [0.25, 0.3) is 0 Å². The predicted molar refractivity (Wildman–Crippen MR) is 86.1 cm³/mol. The van der Waals surface area contributed by atoms with Crippen LogP contribution in [-0.4, -0.2) is 53.8 Å². The zero-order chi connectivity index (χ0) is 16.7. The minimum absolute atomic E-state index is 0.625. The molecule has 0 amide bonds. The standard InChI is InChI=1S/C14H21N5O3S/c1-19-14(16-17-18-19)23-8-7-15-9-10-5-6-11(20-2)13(22-4)12(10)21-3/h5-6,15H,7-9H2,1-4H3/p+1. The van der Waals surface area contributed by atoms with Gasteiger partial charge in [-0.3, -0.25) is 0 Å². The number of hydrogen-bond donors (Lipinski definition) is 1. The Morgan fingerprint density at radius 2 is 1.91 bits per heavy atom. The maximum Gasteiger partial charge on any atom is 0.209 e. The van der Waals surface area contributed by atoms with Gasteiger partial charge in [0.2, 0.25) is 10.9 Å². The number of aryl methyl sites for hydroxylation is 1. The summed E-state index contributed by atoms with van der Waals surface area (Å²) in [4.78, 5) is 0. The van der Waals surface area contributed by atoms with Crippen LogP contribution in [0.5, 0.6) is 17.2 Å². The first-order valence-corrected chi connectivity index (χ1v) is 8.14. The zero-order valence-electron chi connectivity index (χ0n) is 13.8. The number of hydrogen-bond acceptors (Lipinski definition) is 7. The summed E-state index contributed by atoms with van der Waals surface area (Å²) >= 11 is 1.63. The van der Waals surface area contributed by atoms with Crippen LogP contribution in [0.15, 0.2) is 17.3 Å². The van der Waals surface area contributed by atoms with E-state index >= 15 is 0 Å². The lowest BCUT2D eigenvalue weighted by Gasteiger charge is -2.15. The highest BCUT2D eigenvalue weighted by atomic mass is 32.2. The smallest absolute Gasteiger partial charge is 0.209 e. The van der Waals surface area contributed by atoms with Crippen LogP contribution in [0.4, 0.5) is 0 Å². The average Bonchev–Trinajstić information content (AvgIpc) is 2.98. The first kappa shape index (κ1) is 17.4. The molecule has 0 radical (unpaired) electrons. The fraction of sp³-hybridized carbons (Fsp3) is 0.500. The summed E-state index contributed by atoms with van der Waals surface area (Å²) in [5, 5.41) is 14.4. The van der Waals surface area contributed by atoms with E-state index in [1.54, 1.807) is 37.8 Å². The molecule has 8 nitrogen and oxygen atoms in total. The number of ether oxygens (including phenoxy) is 3. The van der Waals surface area contributed by atoms with E-state index in [0.29, 0.717) is 17.2 Å². The van der Waals surface area contributed by atoms with Gasteiger partial charge in [-0.05, 0) is 22.6 Å². The SMILES string of the molecule is COc1ccc(C[NH2+]CCSc2nnnn2C)c(OC)c1OC. The van der Waals surface area contributed by atoms with E-state index in [1.807, 2.05) is 19.2 Å². The minimum atomic E-state index is 0.625. The molecule has 9 heteroatoms. The average molecular weight is 340 g/mol. The molecule has 2 rings (SSSR count). The summed E-state index contributed by atoms with van der Waals surface area (Å²) in [7, 11) is 6.69. The van der Waals surface area contributed by atoms with Gasteiger partial charge in [0.1, 0.15) is 6.54 Å². The lowest BCUT2D eigenvalue weighted by molar-refractivity contribution is -0.666. The van der Waals surface area contributed by atoms with Gasteiger partial charge in [-0.1, -0.05) is 11.8 Å². The predicted octanol–water partition coefficient (Wildman–Crippen LogP) is 0.0916. The normalized spacial score (nSPS) is 10.6. The summed E-state index contributed by atoms with van der Waals surface area (Å²) in [6.45, 7) is 1.73. The molecule has 0 spiro atoms. The van der Waals surface area contributed by atoms with E-state index < -0.39 is 0 Å². The van der Waals surface area contributed by atoms with Gasteiger partial charge in [0, 0.05) is 7.05 Å². The molecule has 0 atom stereocenters. The van der Waals surface area contributed by atoms with E-state index in [-0.39, 0.29) is 0 Å². The zero-order valence-corrected chi connectivity index (χ0v) is 14.6. The molecule has 2 aromatic rings. The van der Waals surface area contributed by atoms with Gasteiger partial charge in [-0.2, -0.15) is 0 Å². The van der Waals surface area contributed by atoms with Crippen molar-refractivity contribution in [3.05, 3.63) is 17.7 Å². The second-order valence-electron chi connectivity index (χ2n) is 4.71. The van der Waals surface area contributed by atoms with Gasteiger partial charge in [0.15, 0.2) is 11.5 Å². The Balaban J connectivity index is 1.89. The van der Waals surface area contributed by atoms with Crippen molar-refractivity contribution in [2.75, 3.05) is 33.6 Å². The van der Waals surface area contributed by atoms with Crippen LogP contribution in [0, 0.1) is 0 Å². The summed E-state index contributed by atoms with van der Waals surface area (Å²) in [6.07, 6.45) is 0.